The zero-order valence-corrected chi connectivity index (χ0v) is 10.6. The van der Waals surface area contributed by atoms with Crippen LogP contribution in [-0.4, -0.2) is 35.5 Å². The molecule has 0 radical (unpaired) electrons. The molecule has 6 nitrogen and oxygen atoms in total. The van der Waals surface area contributed by atoms with Crippen LogP contribution in [0.4, 0.5) is 11.8 Å². The van der Waals surface area contributed by atoms with Gasteiger partial charge < -0.3 is 16.0 Å². The Balaban J connectivity index is 1.85. The number of hydrogen-bond acceptors (Lipinski definition) is 5. The largest absolute Gasteiger partial charge is 0.368 e. The van der Waals surface area contributed by atoms with E-state index in [1.165, 1.54) is 0 Å². The molecule has 1 fully saturated rings. The van der Waals surface area contributed by atoms with Crippen LogP contribution in [0.3, 0.4) is 0 Å². The molecule has 0 unspecified atom stereocenters. The normalized spacial score (nSPS) is 16.6. The van der Waals surface area contributed by atoms with Crippen LogP contribution < -0.4 is 16.0 Å². The molecule has 0 aliphatic carbocycles. The van der Waals surface area contributed by atoms with Crippen LogP contribution in [0.15, 0.2) is 12.3 Å². The third-order valence-corrected chi connectivity index (χ3v) is 3.24. The Morgan fingerprint density at radius 2 is 2.28 bits per heavy atom. The van der Waals surface area contributed by atoms with Crippen LogP contribution in [0.5, 0.6) is 0 Å². The second-order valence-corrected chi connectivity index (χ2v) is 4.64. The molecule has 1 aromatic heterocycles. The van der Waals surface area contributed by atoms with Crippen molar-refractivity contribution in [1.82, 2.24) is 15.3 Å². The summed E-state index contributed by atoms with van der Waals surface area (Å²) in [5, 5.41) is 2.88. The predicted octanol–water partition coefficient (Wildman–Crippen LogP) is 0.411. The van der Waals surface area contributed by atoms with Crippen molar-refractivity contribution >= 4 is 17.7 Å². The number of piperidine rings is 1. The smallest absolute Gasteiger partial charge is 0.221 e. The highest BCUT2D eigenvalue weighted by molar-refractivity contribution is 5.72. The number of carbonyl (C=O) groups excluding carboxylic acids is 1. The molecule has 2 heterocycles. The number of carbonyl (C=O) groups is 1. The summed E-state index contributed by atoms with van der Waals surface area (Å²) in [5.41, 5.74) is 5.58. The van der Waals surface area contributed by atoms with Crippen molar-refractivity contribution in [2.24, 2.45) is 5.92 Å². The first-order chi connectivity index (χ1) is 8.65. The van der Waals surface area contributed by atoms with Crippen LogP contribution in [0, 0.1) is 5.92 Å². The number of anilines is 2. The summed E-state index contributed by atoms with van der Waals surface area (Å²) in [5.74, 6) is 1.80. The summed E-state index contributed by atoms with van der Waals surface area (Å²) in [4.78, 5) is 21.2. The number of nitrogens with two attached hydrogens (primary N) is 1. The van der Waals surface area contributed by atoms with Gasteiger partial charge in [-0.3, -0.25) is 4.79 Å². The van der Waals surface area contributed by atoms with E-state index in [-0.39, 0.29) is 5.91 Å². The molecule has 0 saturated carbocycles. The highest BCUT2D eigenvalue weighted by Crippen LogP contribution is 2.21. The maximum Gasteiger partial charge on any atom is 0.221 e. The minimum atomic E-state index is 0.0426. The van der Waals surface area contributed by atoms with Crippen molar-refractivity contribution in [2.75, 3.05) is 30.3 Å². The van der Waals surface area contributed by atoms with Crippen molar-refractivity contribution in [3.63, 3.8) is 0 Å². The second-order valence-electron chi connectivity index (χ2n) is 4.64. The predicted molar refractivity (Wildman–Crippen MR) is 70.1 cm³/mol. The molecular formula is C12H19N5O. The zero-order valence-electron chi connectivity index (χ0n) is 10.6. The first-order valence-corrected chi connectivity index (χ1v) is 6.23. The van der Waals surface area contributed by atoms with E-state index in [9.17, 15) is 4.79 Å². The molecule has 1 aliphatic heterocycles. The van der Waals surface area contributed by atoms with Crippen LogP contribution in [0.1, 0.15) is 19.8 Å². The quantitative estimate of drug-likeness (QED) is 0.810. The summed E-state index contributed by atoms with van der Waals surface area (Å²) in [6, 6.07) is 1.88. The Morgan fingerprint density at radius 3 is 2.89 bits per heavy atom. The summed E-state index contributed by atoms with van der Waals surface area (Å²) in [7, 11) is 0. The van der Waals surface area contributed by atoms with Crippen LogP contribution >= 0.6 is 0 Å². The minimum Gasteiger partial charge on any atom is -0.368 e. The average Bonchev–Trinajstić information content (AvgIpc) is 2.37. The van der Waals surface area contributed by atoms with Crippen molar-refractivity contribution in [2.45, 2.75) is 19.8 Å². The van der Waals surface area contributed by atoms with Gasteiger partial charge in [0, 0.05) is 32.8 Å². The van der Waals surface area contributed by atoms with Gasteiger partial charge in [0.2, 0.25) is 11.9 Å². The summed E-state index contributed by atoms with van der Waals surface area (Å²) >= 11 is 0. The molecule has 1 aromatic rings. The van der Waals surface area contributed by atoms with Gasteiger partial charge in [-0.15, -0.1) is 0 Å². The molecule has 0 spiro atoms. The molecule has 1 saturated heterocycles. The van der Waals surface area contributed by atoms with E-state index in [4.69, 9.17) is 5.73 Å². The molecule has 1 aliphatic rings. The Kier molecular flexibility index (Phi) is 3.96. The number of rotatable bonds is 3. The van der Waals surface area contributed by atoms with E-state index in [1.54, 1.807) is 13.1 Å². The lowest BCUT2D eigenvalue weighted by molar-refractivity contribution is -0.119. The molecular weight excluding hydrogens is 230 g/mol. The lowest BCUT2D eigenvalue weighted by Crippen LogP contribution is -2.38. The number of nitrogens with one attached hydrogen (secondary N) is 1. The molecule has 2 rings (SSSR count). The van der Waals surface area contributed by atoms with E-state index in [0.29, 0.717) is 11.9 Å². The third-order valence-electron chi connectivity index (χ3n) is 3.24. The van der Waals surface area contributed by atoms with E-state index >= 15 is 0 Å². The number of nitrogen functional groups attached to an aromatic ring is 1. The van der Waals surface area contributed by atoms with Crippen molar-refractivity contribution < 1.29 is 4.79 Å². The van der Waals surface area contributed by atoms with Gasteiger partial charge in [0.05, 0.1) is 0 Å². The third kappa shape index (κ3) is 3.32. The summed E-state index contributed by atoms with van der Waals surface area (Å²) in [6.07, 6.45) is 3.80. The van der Waals surface area contributed by atoms with Gasteiger partial charge in [-0.2, -0.15) is 4.98 Å². The van der Waals surface area contributed by atoms with Gasteiger partial charge in [0.15, 0.2) is 0 Å². The number of aromatic nitrogens is 2. The number of amides is 1. The summed E-state index contributed by atoms with van der Waals surface area (Å²) in [6.45, 7) is 4.22. The molecule has 6 heteroatoms. The minimum absolute atomic E-state index is 0.0426. The van der Waals surface area contributed by atoms with Gasteiger partial charge in [-0.25, -0.2) is 4.98 Å². The molecule has 0 aromatic carbocycles. The van der Waals surface area contributed by atoms with Crippen LogP contribution in [-0.2, 0) is 4.79 Å². The van der Waals surface area contributed by atoms with Crippen LogP contribution in [0.25, 0.3) is 0 Å². The molecule has 0 bridgehead atoms. The highest BCUT2D eigenvalue weighted by Gasteiger charge is 2.20. The van der Waals surface area contributed by atoms with E-state index in [1.807, 2.05) is 6.07 Å². The lowest BCUT2D eigenvalue weighted by Gasteiger charge is -2.32. The Labute approximate surface area is 107 Å². The van der Waals surface area contributed by atoms with Gasteiger partial charge in [0.1, 0.15) is 5.82 Å². The zero-order chi connectivity index (χ0) is 13.0. The fourth-order valence-corrected chi connectivity index (χ4v) is 2.19. The molecule has 98 valence electrons. The molecule has 3 N–H and O–H groups in total. The first kappa shape index (κ1) is 12.6. The molecule has 1 amide bonds. The topological polar surface area (TPSA) is 84.1 Å². The van der Waals surface area contributed by atoms with E-state index in [2.05, 4.69) is 20.2 Å². The lowest BCUT2D eigenvalue weighted by atomic mass is 9.97. The van der Waals surface area contributed by atoms with Crippen molar-refractivity contribution in [3.8, 4) is 0 Å². The molecule has 18 heavy (non-hydrogen) atoms. The maximum atomic E-state index is 10.9. The standard InChI is InChI=1S/C12H19N5O/c1-9(18)15-8-10-3-6-17(7-4-10)11-2-5-14-12(13)16-11/h2,5,10H,3-4,6-8H2,1H3,(H,15,18)(H2,13,14,16). The molecule has 0 atom stereocenters. The Hall–Kier alpha value is -1.85. The second kappa shape index (κ2) is 5.66. The summed E-state index contributed by atoms with van der Waals surface area (Å²) < 4.78 is 0. The fourth-order valence-electron chi connectivity index (χ4n) is 2.19. The van der Waals surface area contributed by atoms with Gasteiger partial charge in [0.25, 0.3) is 0 Å². The Bertz CT molecular complexity index is 415. The number of hydrogen-bond donors (Lipinski definition) is 2. The van der Waals surface area contributed by atoms with Crippen molar-refractivity contribution in [1.29, 1.82) is 0 Å². The first-order valence-electron chi connectivity index (χ1n) is 6.23. The maximum absolute atomic E-state index is 10.9. The van der Waals surface area contributed by atoms with Crippen LogP contribution in [0.2, 0.25) is 0 Å². The average molecular weight is 249 g/mol. The number of nitrogens with zero attached hydrogens (tertiary/aromatic N) is 3. The van der Waals surface area contributed by atoms with E-state index in [0.717, 1.165) is 38.3 Å². The highest BCUT2D eigenvalue weighted by atomic mass is 16.1. The van der Waals surface area contributed by atoms with Gasteiger partial charge in [-0.05, 0) is 24.8 Å². The van der Waals surface area contributed by atoms with Gasteiger partial charge in [-0.1, -0.05) is 0 Å². The van der Waals surface area contributed by atoms with Crippen molar-refractivity contribution in [3.05, 3.63) is 12.3 Å². The van der Waals surface area contributed by atoms with E-state index < -0.39 is 0 Å². The monoisotopic (exact) mass is 249 g/mol. The van der Waals surface area contributed by atoms with Gasteiger partial charge >= 0.3 is 0 Å². The Morgan fingerprint density at radius 1 is 1.56 bits per heavy atom. The SMILES string of the molecule is CC(=O)NCC1CCN(c2ccnc(N)n2)CC1. The fraction of sp³-hybridized carbons (Fsp3) is 0.583.